The second-order valence-corrected chi connectivity index (χ2v) is 8.98. The third-order valence-corrected chi connectivity index (χ3v) is 6.29. The number of methoxy groups -OCH3 is 2. The summed E-state index contributed by atoms with van der Waals surface area (Å²) < 4.78 is 16.5. The van der Waals surface area contributed by atoms with E-state index in [1.807, 2.05) is 25.1 Å². The predicted molar refractivity (Wildman–Crippen MR) is 134 cm³/mol. The lowest BCUT2D eigenvalue weighted by Gasteiger charge is -2.12. The normalized spacial score (nSPS) is 10.6. The molecule has 4 aromatic rings. The van der Waals surface area contributed by atoms with Crippen LogP contribution in [-0.2, 0) is 6.54 Å². The smallest absolute Gasteiger partial charge is 0.265 e. The molecule has 2 amide bonds. The van der Waals surface area contributed by atoms with Crippen molar-refractivity contribution in [2.24, 2.45) is 0 Å². The van der Waals surface area contributed by atoms with Gasteiger partial charge in [-0.3, -0.25) is 9.59 Å². The van der Waals surface area contributed by atoms with Crippen LogP contribution in [0.3, 0.4) is 0 Å². The molecular weight excluding hydrogens is 466 g/mol. The third-order valence-electron chi connectivity index (χ3n) is 5.29. The molecule has 2 N–H and O–H groups in total. The van der Waals surface area contributed by atoms with Gasteiger partial charge in [-0.15, -0.1) is 11.3 Å². The number of carbonyl (C=O) groups is 2. The highest BCUT2D eigenvalue weighted by molar-refractivity contribution is 7.14. The topological polar surface area (TPSA) is 103 Å². The molecule has 0 aliphatic carbocycles. The van der Waals surface area contributed by atoms with E-state index in [0.29, 0.717) is 50.5 Å². The first-order valence-corrected chi connectivity index (χ1v) is 11.6. The number of para-hydroxylation sites is 1. The molecule has 0 fully saturated rings. The van der Waals surface area contributed by atoms with Gasteiger partial charge in [-0.25, -0.2) is 4.98 Å². The molecule has 2 aromatic heterocycles. The van der Waals surface area contributed by atoms with E-state index in [9.17, 15) is 9.59 Å². The van der Waals surface area contributed by atoms with Gasteiger partial charge >= 0.3 is 0 Å². The van der Waals surface area contributed by atoms with Gasteiger partial charge in [0.25, 0.3) is 11.8 Å². The van der Waals surface area contributed by atoms with Crippen LogP contribution in [0.4, 0.5) is 5.69 Å². The number of hydrogen-bond donors (Lipinski definition) is 2. The maximum atomic E-state index is 12.8. The van der Waals surface area contributed by atoms with E-state index >= 15 is 0 Å². The van der Waals surface area contributed by atoms with Crippen molar-refractivity contribution in [3.05, 3.63) is 81.4 Å². The van der Waals surface area contributed by atoms with Crippen molar-refractivity contribution >= 4 is 28.8 Å². The fourth-order valence-corrected chi connectivity index (χ4v) is 4.28. The third kappa shape index (κ3) is 5.36. The molecule has 0 unspecified atom stereocenters. The van der Waals surface area contributed by atoms with Crippen LogP contribution in [0.25, 0.3) is 11.5 Å². The van der Waals surface area contributed by atoms with E-state index < -0.39 is 0 Å². The molecule has 0 radical (unpaired) electrons. The number of oxazole rings is 1. The summed E-state index contributed by atoms with van der Waals surface area (Å²) in [5.74, 6) is 1.33. The lowest BCUT2D eigenvalue weighted by Crippen LogP contribution is -2.24. The minimum Gasteiger partial charge on any atom is -0.493 e. The van der Waals surface area contributed by atoms with Crippen molar-refractivity contribution in [2.45, 2.75) is 20.4 Å². The van der Waals surface area contributed by atoms with E-state index in [1.54, 1.807) is 43.3 Å². The molecule has 35 heavy (non-hydrogen) atoms. The number of nitrogens with one attached hydrogen (secondary N) is 2. The van der Waals surface area contributed by atoms with Crippen LogP contribution in [-0.4, -0.2) is 31.0 Å². The van der Waals surface area contributed by atoms with Gasteiger partial charge in [0.05, 0.1) is 31.2 Å². The fourth-order valence-electron chi connectivity index (χ4n) is 3.52. The average Bonchev–Trinajstić information content (AvgIpc) is 3.47. The lowest BCUT2D eigenvalue weighted by molar-refractivity contribution is 0.0946. The largest absolute Gasteiger partial charge is 0.493 e. The monoisotopic (exact) mass is 491 g/mol. The second kappa shape index (κ2) is 10.4. The highest BCUT2D eigenvalue weighted by Gasteiger charge is 2.18. The number of benzene rings is 2. The molecule has 0 aliphatic rings. The Morgan fingerprint density at radius 1 is 1.00 bits per heavy atom. The van der Waals surface area contributed by atoms with Crippen LogP contribution in [0.15, 0.2) is 59.0 Å². The summed E-state index contributed by atoms with van der Waals surface area (Å²) in [7, 11) is 3.00. The van der Waals surface area contributed by atoms with Gasteiger partial charge in [0.1, 0.15) is 11.5 Å². The standard InChI is InChI=1S/C26H25N3O5S/c1-15-11-12-22(35-15)25(31)28-18-8-5-7-17(13-18)26-29-20(16(2)34-26)14-27-24(30)19-9-6-10-21(32-3)23(19)33-4/h5-13H,14H2,1-4H3,(H,27,30)(H,28,31). The summed E-state index contributed by atoms with van der Waals surface area (Å²) in [5, 5.41) is 5.76. The predicted octanol–water partition coefficient (Wildman–Crippen LogP) is 5.22. The molecule has 180 valence electrons. The number of ether oxygens (including phenoxy) is 2. The van der Waals surface area contributed by atoms with Crippen LogP contribution in [0.1, 0.15) is 36.4 Å². The van der Waals surface area contributed by atoms with Gasteiger partial charge < -0.3 is 24.5 Å². The van der Waals surface area contributed by atoms with Gasteiger partial charge in [-0.05, 0) is 56.3 Å². The first kappa shape index (κ1) is 24.0. The van der Waals surface area contributed by atoms with E-state index in [-0.39, 0.29) is 18.4 Å². The van der Waals surface area contributed by atoms with Gasteiger partial charge in [-0.2, -0.15) is 0 Å². The number of nitrogens with zero attached hydrogens (tertiary/aromatic N) is 1. The Balaban J connectivity index is 1.47. The molecule has 0 bridgehead atoms. The Bertz CT molecular complexity index is 1380. The van der Waals surface area contributed by atoms with Crippen molar-refractivity contribution in [3.8, 4) is 23.0 Å². The number of thiophene rings is 1. The molecule has 2 heterocycles. The molecular formula is C26H25N3O5S. The van der Waals surface area contributed by atoms with E-state index in [2.05, 4.69) is 15.6 Å². The van der Waals surface area contributed by atoms with Crippen molar-refractivity contribution in [2.75, 3.05) is 19.5 Å². The summed E-state index contributed by atoms with van der Waals surface area (Å²) in [6.45, 7) is 3.91. The number of aryl methyl sites for hydroxylation is 2. The highest BCUT2D eigenvalue weighted by Crippen LogP contribution is 2.31. The quantitative estimate of drug-likeness (QED) is 0.350. The van der Waals surface area contributed by atoms with Crippen LogP contribution >= 0.6 is 11.3 Å². The summed E-state index contributed by atoms with van der Waals surface area (Å²) >= 11 is 1.44. The zero-order chi connectivity index (χ0) is 24.9. The van der Waals surface area contributed by atoms with Gasteiger partial charge in [-0.1, -0.05) is 12.1 Å². The molecule has 0 saturated heterocycles. The zero-order valence-electron chi connectivity index (χ0n) is 19.8. The number of rotatable bonds is 8. The Morgan fingerprint density at radius 2 is 1.80 bits per heavy atom. The zero-order valence-corrected chi connectivity index (χ0v) is 20.6. The first-order valence-electron chi connectivity index (χ1n) is 10.8. The maximum absolute atomic E-state index is 12.8. The summed E-state index contributed by atoms with van der Waals surface area (Å²) in [6, 6.07) is 16.1. The van der Waals surface area contributed by atoms with Crippen LogP contribution in [0, 0.1) is 13.8 Å². The number of carbonyl (C=O) groups excluding carboxylic acids is 2. The molecule has 8 nitrogen and oxygen atoms in total. The van der Waals surface area contributed by atoms with E-state index in [4.69, 9.17) is 13.9 Å². The minimum atomic E-state index is -0.321. The van der Waals surface area contributed by atoms with Crippen molar-refractivity contribution < 1.29 is 23.5 Å². The summed E-state index contributed by atoms with van der Waals surface area (Å²) in [5.41, 5.74) is 2.30. The van der Waals surface area contributed by atoms with E-state index in [0.717, 1.165) is 4.88 Å². The molecule has 2 aromatic carbocycles. The Labute approximate surface area is 206 Å². The first-order chi connectivity index (χ1) is 16.9. The Kier molecular flexibility index (Phi) is 7.17. The molecule has 0 saturated carbocycles. The number of aromatic nitrogens is 1. The maximum Gasteiger partial charge on any atom is 0.265 e. The summed E-state index contributed by atoms with van der Waals surface area (Å²) in [4.78, 5) is 31.5. The van der Waals surface area contributed by atoms with Crippen LogP contribution in [0.5, 0.6) is 11.5 Å². The van der Waals surface area contributed by atoms with Crippen molar-refractivity contribution in [1.29, 1.82) is 0 Å². The lowest BCUT2D eigenvalue weighted by atomic mass is 10.1. The van der Waals surface area contributed by atoms with E-state index in [1.165, 1.54) is 25.6 Å². The van der Waals surface area contributed by atoms with Gasteiger partial charge in [0.2, 0.25) is 5.89 Å². The number of hydrogen-bond acceptors (Lipinski definition) is 7. The minimum absolute atomic E-state index is 0.166. The SMILES string of the molecule is COc1cccc(C(=O)NCc2nc(-c3cccc(NC(=O)c4ccc(C)s4)c3)oc2C)c1OC. The van der Waals surface area contributed by atoms with Crippen LogP contribution in [0.2, 0.25) is 0 Å². The summed E-state index contributed by atoms with van der Waals surface area (Å²) in [6.07, 6.45) is 0. The number of amides is 2. The van der Waals surface area contributed by atoms with Gasteiger partial charge in [0.15, 0.2) is 11.5 Å². The Hall–Kier alpha value is -4.11. The molecule has 0 atom stereocenters. The molecule has 0 aliphatic heterocycles. The fraction of sp³-hybridized carbons (Fsp3) is 0.192. The number of anilines is 1. The molecule has 4 rings (SSSR count). The van der Waals surface area contributed by atoms with Gasteiger partial charge in [0, 0.05) is 16.1 Å². The average molecular weight is 492 g/mol. The Morgan fingerprint density at radius 3 is 2.51 bits per heavy atom. The van der Waals surface area contributed by atoms with Crippen molar-refractivity contribution in [3.63, 3.8) is 0 Å². The molecule has 0 spiro atoms. The molecule has 9 heteroatoms. The second-order valence-electron chi connectivity index (χ2n) is 7.69. The highest BCUT2D eigenvalue weighted by atomic mass is 32.1. The van der Waals surface area contributed by atoms with Crippen molar-refractivity contribution in [1.82, 2.24) is 10.3 Å². The van der Waals surface area contributed by atoms with Crippen LogP contribution < -0.4 is 20.1 Å².